The molecule has 1 N–H and O–H groups in total. The second-order valence-corrected chi connectivity index (χ2v) is 6.34. The van der Waals surface area contributed by atoms with Crippen LogP contribution < -0.4 is 0 Å². The molecule has 0 amide bonds. The lowest BCUT2D eigenvalue weighted by Crippen LogP contribution is -1.99. The fourth-order valence-electron chi connectivity index (χ4n) is 3.16. The minimum absolute atomic E-state index is 0.640. The maximum atomic E-state index is 10.7. The quantitative estimate of drug-likeness (QED) is 0.578. The first-order valence-corrected chi connectivity index (χ1v) is 8.65. The van der Waals surface area contributed by atoms with Crippen molar-refractivity contribution in [1.29, 1.82) is 0 Å². The van der Waals surface area contributed by atoms with Crippen LogP contribution in [0, 0.1) is 0 Å². The van der Waals surface area contributed by atoms with Gasteiger partial charge in [0.1, 0.15) is 6.10 Å². The third kappa shape index (κ3) is 3.17. The molecule has 4 rings (SSSR count). The van der Waals surface area contributed by atoms with E-state index in [1.807, 2.05) is 84.5 Å². The molecule has 0 saturated heterocycles. The van der Waals surface area contributed by atoms with Crippen LogP contribution in [-0.4, -0.2) is 14.9 Å². The van der Waals surface area contributed by atoms with Gasteiger partial charge in [0.2, 0.25) is 0 Å². The van der Waals surface area contributed by atoms with Crippen molar-refractivity contribution in [2.45, 2.75) is 6.10 Å². The lowest BCUT2D eigenvalue weighted by Gasteiger charge is -2.11. The van der Waals surface area contributed by atoms with E-state index in [2.05, 4.69) is 23.3 Å². The number of rotatable bonds is 4. The number of benzene rings is 3. The van der Waals surface area contributed by atoms with Gasteiger partial charge in [-0.25, -0.2) is 0 Å². The van der Waals surface area contributed by atoms with Crippen molar-refractivity contribution < 1.29 is 5.11 Å². The number of nitrogens with zero attached hydrogens (tertiary/aromatic N) is 2. The van der Waals surface area contributed by atoms with Crippen LogP contribution in [0.3, 0.4) is 0 Å². The van der Waals surface area contributed by atoms with Crippen LogP contribution in [0.5, 0.6) is 0 Å². The van der Waals surface area contributed by atoms with Crippen LogP contribution in [0.1, 0.15) is 28.5 Å². The standard InChI is InChI=1S/C23H20N2O/c1-25-22-16-19(23(26)18-10-6-3-7-11-18)13-14-20(22)21(24-25)15-12-17-8-4-2-5-9-17/h2-16,23,26H,1H3/b15-12+. The Morgan fingerprint density at radius 1 is 0.846 bits per heavy atom. The highest BCUT2D eigenvalue weighted by molar-refractivity contribution is 5.90. The molecule has 1 unspecified atom stereocenters. The van der Waals surface area contributed by atoms with E-state index >= 15 is 0 Å². The van der Waals surface area contributed by atoms with E-state index < -0.39 is 6.10 Å². The monoisotopic (exact) mass is 340 g/mol. The minimum atomic E-state index is -0.640. The number of aliphatic hydroxyl groups excluding tert-OH is 1. The highest BCUT2D eigenvalue weighted by atomic mass is 16.3. The highest BCUT2D eigenvalue weighted by Crippen LogP contribution is 2.27. The molecule has 0 saturated carbocycles. The van der Waals surface area contributed by atoms with Crippen LogP contribution in [0.2, 0.25) is 0 Å². The van der Waals surface area contributed by atoms with Gasteiger partial charge in [0.15, 0.2) is 0 Å². The molecule has 0 bridgehead atoms. The Balaban J connectivity index is 1.70. The first kappa shape index (κ1) is 16.3. The topological polar surface area (TPSA) is 38.0 Å². The van der Waals surface area contributed by atoms with E-state index in [1.165, 1.54) is 0 Å². The Morgan fingerprint density at radius 2 is 1.54 bits per heavy atom. The molecule has 4 aromatic rings. The van der Waals surface area contributed by atoms with Gasteiger partial charge in [0.05, 0.1) is 11.2 Å². The average Bonchev–Trinajstić information content (AvgIpc) is 3.02. The van der Waals surface area contributed by atoms with E-state index in [9.17, 15) is 5.11 Å². The van der Waals surface area contributed by atoms with Crippen LogP contribution in [0.15, 0.2) is 78.9 Å². The average molecular weight is 340 g/mol. The van der Waals surface area contributed by atoms with Crippen molar-refractivity contribution in [3.8, 4) is 0 Å². The van der Waals surface area contributed by atoms with Gasteiger partial charge in [-0.05, 0) is 28.8 Å². The zero-order chi connectivity index (χ0) is 17.9. The number of aryl methyl sites for hydroxylation is 1. The first-order chi connectivity index (χ1) is 12.7. The molecule has 1 heterocycles. The van der Waals surface area contributed by atoms with E-state index in [0.717, 1.165) is 33.3 Å². The molecule has 0 spiro atoms. The lowest BCUT2D eigenvalue weighted by atomic mass is 10.00. The molecule has 26 heavy (non-hydrogen) atoms. The fourth-order valence-corrected chi connectivity index (χ4v) is 3.16. The maximum Gasteiger partial charge on any atom is 0.104 e. The van der Waals surface area contributed by atoms with Crippen molar-refractivity contribution in [2.24, 2.45) is 7.05 Å². The summed E-state index contributed by atoms with van der Waals surface area (Å²) in [4.78, 5) is 0. The van der Waals surface area contributed by atoms with Gasteiger partial charge >= 0.3 is 0 Å². The molecular weight excluding hydrogens is 320 g/mol. The van der Waals surface area contributed by atoms with Gasteiger partial charge in [-0.3, -0.25) is 4.68 Å². The lowest BCUT2D eigenvalue weighted by molar-refractivity contribution is 0.220. The summed E-state index contributed by atoms with van der Waals surface area (Å²) in [5, 5.41) is 16.4. The van der Waals surface area contributed by atoms with Crippen LogP contribution >= 0.6 is 0 Å². The first-order valence-electron chi connectivity index (χ1n) is 8.65. The SMILES string of the molecule is Cn1nc(/C=C/c2ccccc2)c2ccc(C(O)c3ccccc3)cc21. The highest BCUT2D eigenvalue weighted by Gasteiger charge is 2.13. The summed E-state index contributed by atoms with van der Waals surface area (Å²) in [5.74, 6) is 0. The van der Waals surface area contributed by atoms with Crippen LogP contribution in [-0.2, 0) is 7.05 Å². The van der Waals surface area contributed by atoms with E-state index in [0.29, 0.717) is 0 Å². The summed E-state index contributed by atoms with van der Waals surface area (Å²) in [7, 11) is 1.93. The normalized spacial score (nSPS) is 12.7. The summed E-state index contributed by atoms with van der Waals surface area (Å²) in [6, 6.07) is 25.9. The van der Waals surface area contributed by atoms with Crippen molar-refractivity contribution in [3.05, 3.63) is 101 Å². The second kappa shape index (κ2) is 6.98. The summed E-state index contributed by atoms with van der Waals surface area (Å²) < 4.78 is 1.86. The van der Waals surface area contributed by atoms with Gasteiger partial charge in [-0.15, -0.1) is 0 Å². The zero-order valence-corrected chi connectivity index (χ0v) is 14.6. The predicted molar refractivity (Wildman–Crippen MR) is 107 cm³/mol. The number of aromatic nitrogens is 2. The molecular formula is C23H20N2O. The molecule has 0 radical (unpaired) electrons. The Kier molecular flexibility index (Phi) is 4.38. The van der Waals surface area contributed by atoms with Gasteiger partial charge in [-0.1, -0.05) is 78.9 Å². The van der Waals surface area contributed by atoms with E-state index in [1.54, 1.807) is 0 Å². The Morgan fingerprint density at radius 3 is 2.27 bits per heavy atom. The third-order valence-corrected chi connectivity index (χ3v) is 4.57. The van der Waals surface area contributed by atoms with Gasteiger partial charge < -0.3 is 5.11 Å². The summed E-state index contributed by atoms with van der Waals surface area (Å²) in [6.45, 7) is 0. The third-order valence-electron chi connectivity index (χ3n) is 4.57. The van der Waals surface area contributed by atoms with E-state index in [4.69, 9.17) is 0 Å². The molecule has 1 atom stereocenters. The van der Waals surface area contributed by atoms with Crippen molar-refractivity contribution in [3.63, 3.8) is 0 Å². The maximum absolute atomic E-state index is 10.7. The van der Waals surface area contributed by atoms with Crippen molar-refractivity contribution in [2.75, 3.05) is 0 Å². The number of aliphatic hydroxyl groups is 1. The van der Waals surface area contributed by atoms with Crippen molar-refractivity contribution >= 4 is 23.1 Å². The van der Waals surface area contributed by atoms with Crippen LogP contribution in [0.25, 0.3) is 23.1 Å². The van der Waals surface area contributed by atoms with Gasteiger partial charge in [-0.2, -0.15) is 5.10 Å². The summed E-state index contributed by atoms with van der Waals surface area (Å²) in [6.07, 6.45) is 3.46. The number of hydrogen-bond acceptors (Lipinski definition) is 2. The fraction of sp³-hybridized carbons (Fsp3) is 0.0870. The predicted octanol–water partition coefficient (Wildman–Crippen LogP) is 4.83. The number of fused-ring (bicyclic) bond motifs is 1. The summed E-state index contributed by atoms with van der Waals surface area (Å²) >= 11 is 0. The van der Waals surface area contributed by atoms with Gasteiger partial charge in [0, 0.05) is 12.4 Å². The molecule has 0 fully saturated rings. The molecule has 1 aromatic heterocycles. The molecule has 3 nitrogen and oxygen atoms in total. The molecule has 0 aliphatic heterocycles. The Labute approximate surface area is 152 Å². The Hall–Kier alpha value is -3.17. The van der Waals surface area contributed by atoms with Gasteiger partial charge in [0.25, 0.3) is 0 Å². The van der Waals surface area contributed by atoms with Crippen molar-refractivity contribution in [1.82, 2.24) is 9.78 Å². The molecule has 3 aromatic carbocycles. The number of hydrogen-bond donors (Lipinski definition) is 1. The molecule has 0 aliphatic rings. The smallest absolute Gasteiger partial charge is 0.104 e. The second-order valence-electron chi connectivity index (χ2n) is 6.34. The van der Waals surface area contributed by atoms with Crippen LogP contribution in [0.4, 0.5) is 0 Å². The molecule has 3 heteroatoms. The van der Waals surface area contributed by atoms with E-state index in [-0.39, 0.29) is 0 Å². The zero-order valence-electron chi connectivity index (χ0n) is 14.6. The largest absolute Gasteiger partial charge is 0.384 e. The summed E-state index contributed by atoms with van der Waals surface area (Å²) in [5.41, 5.74) is 4.82. The minimum Gasteiger partial charge on any atom is -0.384 e. The molecule has 0 aliphatic carbocycles. The Bertz CT molecular complexity index is 1050. The molecule has 128 valence electrons.